The number of carbonyl (C=O) groups is 2. The third kappa shape index (κ3) is 5.78. The second-order valence-electron chi connectivity index (χ2n) is 6.70. The van der Waals surface area contributed by atoms with Gasteiger partial charge in [-0.1, -0.05) is 48.0 Å². The van der Waals surface area contributed by atoms with Gasteiger partial charge in [-0.2, -0.15) is 0 Å². The van der Waals surface area contributed by atoms with Gasteiger partial charge in [0.15, 0.2) is 11.8 Å². The summed E-state index contributed by atoms with van der Waals surface area (Å²) in [4.78, 5) is 29.5. The lowest BCUT2D eigenvalue weighted by Crippen LogP contribution is -2.20. The molecular weight excluding hydrogens is 446 g/mol. The molecule has 0 atom stereocenters. The van der Waals surface area contributed by atoms with E-state index in [1.165, 1.54) is 11.8 Å². The summed E-state index contributed by atoms with van der Waals surface area (Å²) < 4.78 is 5.71. The average molecular weight is 464 g/mol. The maximum Gasteiger partial charge on any atom is 0.264 e. The van der Waals surface area contributed by atoms with E-state index in [-0.39, 0.29) is 18.4 Å². The number of nitrogens with zero attached hydrogens (tertiary/aromatic N) is 1. The molecule has 160 valence electrons. The summed E-state index contributed by atoms with van der Waals surface area (Å²) in [6.07, 6.45) is 1.67. The first-order valence-electron chi connectivity index (χ1n) is 9.69. The lowest BCUT2D eigenvalue weighted by atomic mass is 10.2. The summed E-state index contributed by atoms with van der Waals surface area (Å²) in [5, 5.41) is 6.49. The first kappa shape index (κ1) is 21.7. The van der Waals surface area contributed by atoms with Gasteiger partial charge in [-0.05, 0) is 60.3 Å². The highest BCUT2D eigenvalue weighted by Crippen LogP contribution is 2.32. The number of halogens is 1. The van der Waals surface area contributed by atoms with Crippen LogP contribution in [0.5, 0.6) is 5.75 Å². The number of hydrogen-bond acceptors (Lipinski definition) is 5. The average Bonchev–Trinajstić information content (AvgIpc) is 3.13. The van der Waals surface area contributed by atoms with Crippen LogP contribution in [0.3, 0.4) is 0 Å². The number of benzene rings is 3. The largest absolute Gasteiger partial charge is 0.483 e. The summed E-state index contributed by atoms with van der Waals surface area (Å²) in [5.41, 5.74) is 2.01. The van der Waals surface area contributed by atoms with Crippen LogP contribution in [0.1, 0.15) is 5.56 Å². The predicted molar refractivity (Wildman–Crippen MR) is 129 cm³/mol. The zero-order valence-electron chi connectivity index (χ0n) is 16.7. The number of nitrogens with one attached hydrogen (secondary N) is 2. The van der Waals surface area contributed by atoms with Crippen molar-refractivity contribution in [2.75, 3.05) is 11.9 Å². The molecular formula is C24H18ClN3O3S. The number of thioether (sulfide) groups is 1. The van der Waals surface area contributed by atoms with E-state index in [1.807, 2.05) is 48.5 Å². The standard InChI is InChI=1S/C24H18ClN3O3S/c25-17-11-12-20(31-15-22(29)26-18-7-3-1-4-8-18)16(13-17)14-21-23(30)28-24(32-21)27-19-9-5-2-6-10-19/h1-14H,15H2,(H,26,29)(H,27,28,30)/b21-14-. The zero-order valence-corrected chi connectivity index (χ0v) is 18.3. The lowest BCUT2D eigenvalue weighted by Gasteiger charge is -2.10. The fraction of sp³-hybridized carbons (Fsp3) is 0.0417. The number of amides is 2. The fourth-order valence-electron chi connectivity index (χ4n) is 2.87. The van der Waals surface area contributed by atoms with Crippen LogP contribution >= 0.6 is 23.4 Å². The van der Waals surface area contributed by atoms with Crippen molar-refractivity contribution in [3.63, 3.8) is 0 Å². The van der Waals surface area contributed by atoms with Gasteiger partial charge in [0.1, 0.15) is 5.75 Å². The van der Waals surface area contributed by atoms with Crippen molar-refractivity contribution in [3.05, 3.63) is 94.4 Å². The number of rotatable bonds is 6. The van der Waals surface area contributed by atoms with E-state index >= 15 is 0 Å². The van der Waals surface area contributed by atoms with Crippen molar-refractivity contribution in [1.82, 2.24) is 5.32 Å². The molecule has 3 aromatic rings. The van der Waals surface area contributed by atoms with Gasteiger partial charge in [-0.25, -0.2) is 4.99 Å². The molecule has 0 saturated carbocycles. The number of carbonyl (C=O) groups excluding carboxylic acids is 2. The van der Waals surface area contributed by atoms with Gasteiger partial charge >= 0.3 is 0 Å². The van der Waals surface area contributed by atoms with E-state index in [1.54, 1.807) is 36.4 Å². The number of hydrogen-bond donors (Lipinski definition) is 2. The SMILES string of the molecule is O=C(COc1ccc(Cl)cc1/C=C1\SC(=Nc2ccccc2)NC1=O)Nc1ccccc1. The molecule has 0 aromatic heterocycles. The highest BCUT2D eigenvalue weighted by atomic mass is 35.5. The molecule has 1 heterocycles. The molecule has 6 nitrogen and oxygen atoms in total. The molecule has 1 aliphatic heterocycles. The first-order chi connectivity index (χ1) is 15.6. The van der Waals surface area contributed by atoms with Gasteiger partial charge in [0, 0.05) is 16.3 Å². The van der Waals surface area contributed by atoms with E-state index in [4.69, 9.17) is 16.3 Å². The van der Waals surface area contributed by atoms with Gasteiger partial charge in [-0.15, -0.1) is 0 Å². The monoisotopic (exact) mass is 463 g/mol. The minimum Gasteiger partial charge on any atom is -0.483 e. The van der Waals surface area contributed by atoms with Gasteiger partial charge < -0.3 is 15.4 Å². The highest BCUT2D eigenvalue weighted by Gasteiger charge is 2.24. The quantitative estimate of drug-likeness (QED) is 0.489. The van der Waals surface area contributed by atoms with Crippen LogP contribution in [-0.2, 0) is 9.59 Å². The number of anilines is 1. The molecule has 1 saturated heterocycles. The third-order valence-corrected chi connectivity index (χ3v) is 5.46. The van der Waals surface area contributed by atoms with E-state index in [9.17, 15) is 9.59 Å². The van der Waals surface area contributed by atoms with Crippen molar-refractivity contribution in [2.45, 2.75) is 0 Å². The summed E-state index contributed by atoms with van der Waals surface area (Å²) in [7, 11) is 0. The predicted octanol–water partition coefficient (Wildman–Crippen LogP) is 5.25. The molecule has 1 aliphatic rings. The van der Waals surface area contributed by atoms with Crippen molar-refractivity contribution < 1.29 is 14.3 Å². The Labute approximate surface area is 194 Å². The Balaban J connectivity index is 1.48. The summed E-state index contributed by atoms with van der Waals surface area (Å²) >= 11 is 7.37. The van der Waals surface area contributed by atoms with Crippen LogP contribution in [0, 0.1) is 0 Å². The van der Waals surface area contributed by atoms with Crippen LogP contribution in [0.4, 0.5) is 11.4 Å². The van der Waals surface area contributed by atoms with Gasteiger partial charge in [0.25, 0.3) is 11.8 Å². The van der Waals surface area contributed by atoms with Crippen molar-refractivity contribution in [3.8, 4) is 5.75 Å². The van der Waals surface area contributed by atoms with Crippen LogP contribution in [-0.4, -0.2) is 23.6 Å². The Hall–Kier alpha value is -3.55. The van der Waals surface area contributed by atoms with Crippen molar-refractivity contribution >= 4 is 57.8 Å². The fourth-order valence-corrected chi connectivity index (χ4v) is 3.88. The normalized spacial score (nSPS) is 15.6. The van der Waals surface area contributed by atoms with E-state index in [2.05, 4.69) is 15.6 Å². The van der Waals surface area contributed by atoms with Gasteiger partial charge in [-0.3, -0.25) is 9.59 Å². The summed E-state index contributed by atoms with van der Waals surface area (Å²) in [6.45, 7) is -0.188. The smallest absolute Gasteiger partial charge is 0.264 e. The van der Waals surface area contributed by atoms with E-state index < -0.39 is 0 Å². The number of para-hydroxylation sites is 2. The second-order valence-corrected chi connectivity index (χ2v) is 8.17. The maximum absolute atomic E-state index is 12.4. The Morgan fingerprint density at radius 1 is 1.06 bits per heavy atom. The molecule has 32 heavy (non-hydrogen) atoms. The topological polar surface area (TPSA) is 79.8 Å². The number of ether oxygens (including phenoxy) is 1. The van der Waals surface area contributed by atoms with E-state index in [0.717, 1.165) is 5.69 Å². The summed E-state index contributed by atoms with van der Waals surface area (Å²) in [5.74, 6) is -0.126. The van der Waals surface area contributed by atoms with Crippen LogP contribution in [0.25, 0.3) is 6.08 Å². The molecule has 8 heteroatoms. The number of aliphatic imine (C=N–C) groups is 1. The summed E-state index contributed by atoms with van der Waals surface area (Å²) in [6, 6.07) is 23.5. The van der Waals surface area contributed by atoms with Gasteiger partial charge in [0.05, 0.1) is 10.6 Å². The molecule has 3 aromatic carbocycles. The van der Waals surface area contributed by atoms with E-state index in [0.29, 0.717) is 32.1 Å². The molecule has 1 fully saturated rings. The minimum absolute atomic E-state index is 0.188. The Morgan fingerprint density at radius 3 is 2.53 bits per heavy atom. The molecule has 0 unspecified atom stereocenters. The molecule has 2 N–H and O–H groups in total. The third-order valence-electron chi connectivity index (χ3n) is 4.31. The Kier molecular flexibility index (Phi) is 6.89. The molecule has 0 aliphatic carbocycles. The van der Waals surface area contributed by atoms with Crippen molar-refractivity contribution in [2.24, 2.45) is 4.99 Å². The molecule has 0 radical (unpaired) electrons. The molecule has 0 bridgehead atoms. The van der Waals surface area contributed by atoms with Crippen LogP contribution in [0.15, 0.2) is 88.8 Å². The van der Waals surface area contributed by atoms with Crippen LogP contribution in [0.2, 0.25) is 5.02 Å². The minimum atomic E-state index is -0.296. The molecule has 2 amide bonds. The zero-order chi connectivity index (χ0) is 22.3. The van der Waals surface area contributed by atoms with Gasteiger partial charge in [0.2, 0.25) is 0 Å². The first-order valence-corrected chi connectivity index (χ1v) is 10.9. The van der Waals surface area contributed by atoms with Crippen molar-refractivity contribution in [1.29, 1.82) is 0 Å². The molecule has 4 rings (SSSR count). The number of amidine groups is 1. The maximum atomic E-state index is 12.4. The second kappa shape index (κ2) is 10.2. The van der Waals surface area contributed by atoms with Crippen LogP contribution < -0.4 is 15.4 Å². The Bertz CT molecular complexity index is 1200. The molecule has 0 spiro atoms. The highest BCUT2D eigenvalue weighted by molar-refractivity contribution is 8.18. The Morgan fingerprint density at radius 2 is 1.78 bits per heavy atom. The lowest BCUT2D eigenvalue weighted by molar-refractivity contribution is -0.118.